The van der Waals surface area contributed by atoms with Crippen LogP contribution in [0.3, 0.4) is 0 Å². The Kier molecular flexibility index (Phi) is 4.81. The van der Waals surface area contributed by atoms with E-state index in [1.807, 2.05) is 18.2 Å². The molecule has 206 valence electrons. The van der Waals surface area contributed by atoms with Crippen molar-refractivity contribution in [2.75, 3.05) is 12.4 Å². The van der Waals surface area contributed by atoms with Crippen LogP contribution >= 0.6 is 0 Å². The van der Waals surface area contributed by atoms with Crippen LogP contribution in [-0.2, 0) is 4.79 Å². The fourth-order valence-electron chi connectivity index (χ4n) is 7.48. The fraction of sp³-hybridized carbons (Fsp3) is 0.333. The van der Waals surface area contributed by atoms with Crippen molar-refractivity contribution in [1.29, 1.82) is 0 Å². The lowest BCUT2D eigenvalue weighted by Crippen LogP contribution is -2.67. The van der Waals surface area contributed by atoms with Crippen LogP contribution in [0, 0.1) is 40.7 Å². The van der Waals surface area contributed by atoms with E-state index in [4.69, 9.17) is 0 Å². The number of carbonyl (C=O) groups is 1. The van der Waals surface area contributed by atoms with Crippen LogP contribution in [0.25, 0.3) is 11.2 Å². The lowest BCUT2D eigenvalue weighted by molar-refractivity contribution is -0.216. The highest BCUT2D eigenvalue weighted by Gasteiger charge is 3.02. The van der Waals surface area contributed by atoms with E-state index >= 15 is 0 Å². The summed E-state index contributed by atoms with van der Waals surface area (Å²) in [7, 11) is 1.52. The number of aromatic nitrogens is 4. The molecule has 4 aliphatic rings. The van der Waals surface area contributed by atoms with Crippen molar-refractivity contribution in [3.8, 4) is 11.8 Å². The Morgan fingerprint density at radius 1 is 1.12 bits per heavy atom. The zero-order valence-corrected chi connectivity index (χ0v) is 21.7. The van der Waals surface area contributed by atoms with Gasteiger partial charge in [0, 0.05) is 36.4 Å². The van der Waals surface area contributed by atoms with Gasteiger partial charge in [-0.2, -0.15) is 0 Å². The van der Waals surface area contributed by atoms with Gasteiger partial charge in [-0.05, 0) is 36.1 Å². The molecule has 0 saturated heterocycles. The zero-order valence-electron chi connectivity index (χ0n) is 21.7. The Bertz CT molecular complexity index is 1840. The van der Waals surface area contributed by atoms with Gasteiger partial charge in [-0.15, -0.1) is 0 Å². The Labute approximate surface area is 232 Å². The summed E-state index contributed by atoms with van der Waals surface area (Å²) in [5.74, 6) is 3.68. The van der Waals surface area contributed by atoms with E-state index in [0.717, 1.165) is 18.6 Å². The highest BCUT2D eigenvalue weighted by Crippen LogP contribution is 2.91. The smallest absolute Gasteiger partial charge is 0.229 e. The van der Waals surface area contributed by atoms with E-state index in [9.17, 15) is 23.8 Å². The maximum Gasteiger partial charge on any atom is 0.229 e. The average Bonchev–Trinajstić information content (AvgIpc) is 3.80. The minimum absolute atomic E-state index is 0.111. The average molecular weight is 555 g/mol. The van der Waals surface area contributed by atoms with Gasteiger partial charge in [-0.1, -0.05) is 36.3 Å². The van der Waals surface area contributed by atoms with E-state index < -0.39 is 34.8 Å². The third-order valence-corrected chi connectivity index (χ3v) is 9.44. The molecule has 8 unspecified atom stereocenters. The van der Waals surface area contributed by atoms with Crippen LogP contribution in [0.5, 0.6) is 0 Å². The molecule has 4 aliphatic carbocycles. The molecule has 0 bridgehead atoms. The minimum Gasteiger partial charge on any atom is -0.389 e. The molecule has 8 rings (SSSR count). The van der Waals surface area contributed by atoms with Crippen LogP contribution in [0.2, 0.25) is 0 Å². The number of nitrogens with zero attached hydrogens (tertiary/aromatic N) is 4. The third kappa shape index (κ3) is 3.06. The van der Waals surface area contributed by atoms with Crippen molar-refractivity contribution in [3.63, 3.8) is 0 Å². The molecule has 41 heavy (non-hydrogen) atoms. The molecule has 0 radical (unpaired) electrons. The lowest BCUT2D eigenvalue weighted by atomic mass is 9.63. The number of benzene rings is 2. The molecule has 2 aromatic carbocycles. The van der Waals surface area contributed by atoms with E-state index in [1.165, 1.54) is 18.7 Å². The van der Waals surface area contributed by atoms with Crippen LogP contribution in [0.4, 0.5) is 14.6 Å². The predicted octanol–water partition coefficient (Wildman–Crippen LogP) is 2.11. The molecule has 2 heterocycles. The number of hydrogen-bond acceptors (Lipinski definition) is 7. The maximum atomic E-state index is 13.7. The van der Waals surface area contributed by atoms with Crippen LogP contribution < -0.4 is 10.6 Å². The summed E-state index contributed by atoms with van der Waals surface area (Å²) in [6.45, 7) is 0. The van der Waals surface area contributed by atoms with Crippen LogP contribution in [0.1, 0.15) is 35.3 Å². The van der Waals surface area contributed by atoms with Crippen LogP contribution in [0.15, 0.2) is 54.9 Å². The largest absolute Gasteiger partial charge is 0.389 e. The van der Waals surface area contributed by atoms with E-state index in [0.29, 0.717) is 22.9 Å². The minimum atomic E-state index is -1.46. The molecule has 1 amide bonds. The first-order valence-electron chi connectivity index (χ1n) is 13.5. The topological polar surface area (TPSA) is 125 Å². The number of nitrogens with one attached hydrogen (secondary N) is 2. The molecule has 9 nitrogen and oxygen atoms in total. The number of anilines is 1. The summed E-state index contributed by atoms with van der Waals surface area (Å²) in [6, 6.07) is 13.0. The van der Waals surface area contributed by atoms with Crippen molar-refractivity contribution in [2.24, 2.45) is 17.3 Å². The van der Waals surface area contributed by atoms with Gasteiger partial charge >= 0.3 is 0 Å². The second-order valence-electron chi connectivity index (χ2n) is 11.4. The summed E-state index contributed by atoms with van der Waals surface area (Å²) in [6.07, 6.45) is 1.26. The Hall–Kier alpha value is -4.40. The summed E-state index contributed by atoms with van der Waals surface area (Å²) in [5.41, 5.74) is -0.143. The SMILES string of the molecule is CNC(=O)C12C3C(n4cnc5c(NC6CC6c6ccccc6)nc(C#Cc6ccc(F)c(F)c6)nc54)C(O)(C1O)C32. The van der Waals surface area contributed by atoms with Gasteiger partial charge in [0.1, 0.15) is 11.7 Å². The maximum absolute atomic E-state index is 13.7. The molecule has 0 aliphatic heterocycles. The molecular weight excluding hydrogens is 530 g/mol. The number of rotatable bonds is 5. The van der Waals surface area contributed by atoms with Crippen molar-refractivity contribution >= 4 is 22.9 Å². The first kappa shape index (κ1) is 24.4. The lowest BCUT2D eigenvalue weighted by Gasteiger charge is -2.51. The molecule has 0 spiro atoms. The van der Waals surface area contributed by atoms with Gasteiger partial charge in [-0.3, -0.25) is 4.79 Å². The van der Waals surface area contributed by atoms with E-state index in [-0.39, 0.29) is 35.2 Å². The standard InChI is InChI=1S/C30H24F2N6O3/c1-33-28(40)29-21-23(29)30(41,27(29)39)24(21)38-13-34-22-25(35-19-12-16(19)15-5-3-2-4-6-15)36-20(37-26(22)38)10-8-14-7-9-17(31)18(32)11-14/h2-7,9,11,13,16,19,21,23-24,27,39,41H,12H2,1H3,(H,33,40)(H,35,36,37). The van der Waals surface area contributed by atoms with Crippen molar-refractivity contribution < 1.29 is 23.8 Å². The number of carbonyl (C=O) groups excluding carboxylic acids is 1. The van der Waals surface area contributed by atoms with Gasteiger partial charge in [0.15, 0.2) is 28.6 Å². The summed E-state index contributed by atoms with van der Waals surface area (Å²) >= 11 is 0. The van der Waals surface area contributed by atoms with Crippen molar-refractivity contribution in [3.05, 3.63) is 83.4 Å². The molecule has 4 N–H and O–H groups in total. The molecule has 4 fully saturated rings. The Morgan fingerprint density at radius 3 is 2.66 bits per heavy atom. The summed E-state index contributed by atoms with van der Waals surface area (Å²) < 4.78 is 28.8. The zero-order chi connectivity index (χ0) is 28.3. The number of aliphatic hydroxyl groups excluding tert-OH is 1. The molecule has 4 aromatic rings. The number of fused-ring (bicyclic) bond motifs is 2. The molecule has 2 aromatic heterocycles. The van der Waals surface area contributed by atoms with Gasteiger partial charge < -0.3 is 25.4 Å². The second-order valence-corrected chi connectivity index (χ2v) is 11.4. The van der Waals surface area contributed by atoms with Crippen molar-refractivity contribution in [1.82, 2.24) is 24.8 Å². The molecule has 11 heteroatoms. The Morgan fingerprint density at radius 2 is 1.93 bits per heavy atom. The van der Waals surface area contributed by atoms with Gasteiger partial charge in [0.2, 0.25) is 11.7 Å². The van der Waals surface area contributed by atoms with E-state index in [1.54, 1.807) is 10.9 Å². The summed E-state index contributed by atoms with van der Waals surface area (Å²) in [4.78, 5) is 26.5. The first-order chi connectivity index (χ1) is 19.8. The fourth-order valence-corrected chi connectivity index (χ4v) is 7.48. The first-order valence-corrected chi connectivity index (χ1v) is 13.5. The number of aliphatic hydroxyl groups is 2. The highest BCUT2D eigenvalue weighted by atomic mass is 19.2. The Balaban J connectivity index is 1.19. The second kappa shape index (κ2) is 8.09. The third-order valence-electron chi connectivity index (χ3n) is 9.44. The monoisotopic (exact) mass is 554 g/mol. The van der Waals surface area contributed by atoms with Gasteiger partial charge in [0.05, 0.1) is 17.8 Å². The number of hydrogen-bond donors (Lipinski definition) is 4. The highest BCUT2D eigenvalue weighted by molar-refractivity contribution is 5.93. The normalized spacial score (nSPS) is 33.5. The quantitative estimate of drug-likeness (QED) is 0.279. The number of imidazole rings is 1. The number of halogens is 2. The molecular formula is C30H24F2N6O3. The number of amides is 1. The van der Waals surface area contributed by atoms with E-state index in [2.05, 4.69) is 49.6 Å². The predicted molar refractivity (Wildman–Crippen MR) is 142 cm³/mol. The van der Waals surface area contributed by atoms with Crippen molar-refractivity contribution in [2.45, 2.75) is 36.1 Å². The summed E-state index contributed by atoms with van der Waals surface area (Å²) in [5, 5.41) is 28.3. The molecule has 4 saturated carbocycles. The van der Waals surface area contributed by atoms with Gasteiger partial charge in [0.25, 0.3) is 0 Å². The van der Waals surface area contributed by atoms with Gasteiger partial charge in [-0.25, -0.2) is 23.7 Å². The van der Waals surface area contributed by atoms with Crippen LogP contribution in [-0.4, -0.2) is 60.4 Å². The molecule has 8 atom stereocenters.